The Labute approximate surface area is 209 Å². The van der Waals surface area contributed by atoms with Gasteiger partial charge in [0.05, 0.1) is 11.6 Å². The molecule has 1 aliphatic carbocycles. The van der Waals surface area contributed by atoms with Crippen LogP contribution >= 0.6 is 11.6 Å². The highest BCUT2D eigenvalue weighted by Gasteiger charge is 2.27. The molecule has 0 amide bonds. The van der Waals surface area contributed by atoms with E-state index in [0.717, 1.165) is 81.2 Å². The summed E-state index contributed by atoms with van der Waals surface area (Å²) in [5.74, 6) is 0.892. The molecule has 1 saturated carbocycles. The molecule has 186 valence electrons. The second-order valence-electron chi connectivity index (χ2n) is 10.0. The van der Waals surface area contributed by atoms with Crippen molar-refractivity contribution in [3.8, 4) is 11.1 Å². The van der Waals surface area contributed by atoms with Crippen LogP contribution in [0.1, 0.15) is 45.4 Å². The number of ether oxygens (including phenoxy) is 2. The third kappa shape index (κ3) is 7.08. The lowest BCUT2D eigenvalue weighted by Crippen LogP contribution is -2.38. The molecule has 0 unspecified atom stereocenters. The summed E-state index contributed by atoms with van der Waals surface area (Å²) in [4.78, 5) is 4.56. The molecule has 34 heavy (non-hydrogen) atoms. The van der Waals surface area contributed by atoms with Crippen LogP contribution in [0, 0.1) is 5.41 Å². The Hall–Kier alpha value is -1.86. The van der Waals surface area contributed by atoms with E-state index in [1.165, 1.54) is 12.8 Å². The fraction of sp³-hybridized carbons (Fsp3) is 0.593. The molecule has 0 spiro atoms. The van der Waals surface area contributed by atoms with Gasteiger partial charge in [0, 0.05) is 62.9 Å². The zero-order valence-corrected chi connectivity index (χ0v) is 21.3. The third-order valence-corrected chi connectivity index (χ3v) is 7.57. The van der Waals surface area contributed by atoms with Crippen molar-refractivity contribution < 1.29 is 9.47 Å². The van der Waals surface area contributed by atoms with Gasteiger partial charge in [-0.05, 0) is 67.7 Å². The Morgan fingerprint density at radius 2 is 1.88 bits per heavy atom. The minimum Gasteiger partial charge on any atom is -0.384 e. The van der Waals surface area contributed by atoms with E-state index in [1.54, 1.807) is 13.3 Å². The zero-order valence-electron chi connectivity index (χ0n) is 20.5. The van der Waals surface area contributed by atoms with E-state index in [1.807, 2.05) is 0 Å². The maximum atomic E-state index is 6.58. The van der Waals surface area contributed by atoms with E-state index in [9.17, 15) is 0 Å². The molecule has 2 fully saturated rings. The SMILES string of the molecule is COCCNC1CCC(Nc2cc(-c3cccc(NCC4(C)CCOCC4)c3)c(Cl)cn2)CC1. The molecule has 4 rings (SSSR count). The predicted molar refractivity (Wildman–Crippen MR) is 141 cm³/mol. The van der Waals surface area contributed by atoms with Crippen LogP contribution in [-0.4, -0.2) is 57.1 Å². The Bertz CT molecular complexity index is 911. The first-order valence-electron chi connectivity index (χ1n) is 12.6. The Morgan fingerprint density at radius 1 is 1.12 bits per heavy atom. The average molecular weight is 487 g/mol. The summed E-state index contributed by atoms with van der Waals surface area (Å²) in [6, 6.07) is 11.6. The van der Waals surface area contributed by atoms with E-state index in [-0.39, 0.29) is 5.41 Å². The highest BCUT2D eigenvalue weighted by Crippen LogP contribution is 2.33. The van der Waals surface area contributed by atoms with E-state index in [4.69, 9.17) is 21.1 Å². The number of hydrogen-bond acceptors (Lipinski definition) is 6. The van der Waals surface area contributed by atoms with Crippen molar-refractivity contribution in [1.29, 1.82) is 0 Å². The van der Waals surface area contributed by atoms with Crippen LogP contribution in [0.15, 0.2) is 36.5 Å². The van der Waals surface area contributed by atoms with Gasteiger partial charge in [-0.15, -0.1) is 0 Å². The molecule has 7 heteroatoms. The van der Waals surface area contributed by atoms with E-state index < -0.39 is 0 Å². The van der Waals surface area contributed by atoms with Gasteiger partial charge in [-0.25, -0.2) is 4.98 Å². The molecule has 2 aliphatic rings. The lowest BCUT2D eigenvalue weighted by molar-refractivity contribution is 0.0300. The van der Waals surface area contributed by atoms with Crippen LogP contribution in [0.25, 0.3) is 11.1 Å². The maximum Gasteiger partial charge on any atom is 0.126 e. The van der Waals surface area contributed by atoms with Crippen molar-refractivity contribution in [2.24, 2.45) is 5.41 Å². The molecular formula is C27H39ClN4O2. The summed E-state index contributed by atoms with van der Waals surface area (Å²) in [5.41, 5.74) is 3.50. The lowest BCUT2D eigenvalue weighted by atomic mass is 9.82. The summed E-state index contributed by atoms with van der Waals surface area (Å²) in [6.45, 7) is 6.68. The molecule has 6 nitrogen and oxygen atoms in total. The number of nitrogens with one attached hydrogen (secondary N) is 3. The molecule has 3 N–H and O–H groups in total. The van der Waals surface area contributed by atoms with Crippen molar-refractivity contribution in [2.45, 2.75) is 57.5 Å². The fourth-order valence-corrected chi connectivity index (χ4v) is 5.12. The molecule has 0 radical (unpaired) electrons. The van der Waals surface area contributed by atoms with Gasteiger partial charge in [-0.2, -0.15) is 0 Å². The van der Waals surface area contributed by atoms with Crippen molar-refractivity contribution in [2.75, 3.05) is 50.7 Å². The Balaban J connectivity index is 1.36. The van der Waals surface area contributed by atoms with Gasteiger partial charge in [0.1, 0.15) is 5.82 Å². The lowest BCUT2D eigenvalue weighted by Gasteiger charge is -2.34. The fourth-order valence-electron chi connectivity index (χ4n) is 4.91. The molecule has 1 saturated heterocycles. The molecule has 0 bridgehead atoms. The number of methoxy groups -OCH3 is 1. The van der Waals surface area contributed by atoms with Crippen LogP contribution < -0.4 is 16.0 Å². The summed E-state index contributed by atoms with van der Waals surface area (Å²) in [6.07, 6.45) is 8.55. The largest absolute Gasteiger partial charge is 0.384 e. The smallest absolute Gasteiger partial charge is 0.126 e. The second kappa shape index (κ2) is 12.2. The minimum atomic E-state index is 0.276. The quantitative estimate of drug-likeness (QED) is 0.380. The van der Waals surface area contributed by atoms with Crippen LogP contribution in [0.4, 0.5) is 11.5 Å². The number of halogens is 1. The van der Waals surface area contributed by atoms with E-state index in [2.05, 4.69) is 58.2 Å². The predicted octanol–water partition coefficient (Wildman–Crippen LogP) is 5.59. The Kier molecular flexibility index (Phi) is 9.06. The van der Waals surface area contributed by atoms with Gasteiger partial charge in [0.2, 0.25) is 0 Å². The Morgan fingerprint density at radius 3 is 2.65 bits per heavy atom. The maximum absolute atomic E-state index is 6.58. The van der Waals surface area contributed by atoms with Gasteiger partial charge in [-0.1, -0.05) is 30.7 Å². The van der Waals surface area contributed by atoms with Gasteiger partial charge in [0.15, 0.2) is 0 Å². The van der Waals surface area contributed by atoms with Gasteiger partial charge < -0.3 is 25.4 Å². The van der Waals surface area contributed by atoms with E-state index in [0.29, 0.717) is 17.1 Å². The first kappa shape index (κ1) is 25.2. The number of anilines is 2. The highest BCUT2D eigenvalue weighted by molar-refractivity contribution is 6.33. The zero-order chi connectivity index (χ0) is 23.8. The topological polar surface area (TPSA) is 67.4 Å². The molecule has 1 aliphatic heterocycles. The monoisotopic (exact) mass is 486 g/mol. The first-order valence-corrected chi connectivity index (χ1v) is 13.0. The van der Waals surface area contributed by atoms with Crippen molar-refractivity contribution in [3.05, 3.63) is 41.6 Å². The number of rotatable bonds is 10. The van der Waals surface area contributed by atoms with Crippen LogP contribution in [-0.2, 0) is 9.47 Å². The molecule has 0 atom stereocenters. The number of nitrogens with zero attached hydrogens (tertiary/aromatic N) is 1. The van der Waals surface area contributed by atoms with Crippen molar-refractivity contribution in [1.82, 2.24) is 10.3 Å². The molecule has 1 aromatic heterocycles. The number of aromatic nitrogens is 1. The number of benzene rings is 1. The van der Waals surface area contributed by atoms with Gasteiger partial charge >= 0.3 is 0 Å². The third-order valence-electron chi connectivity index (χ3n) is 7.27. The summed E-state index contributed by atoms with van der Waals surface area (Å²) in [5, 5.41) is 11.5. The van der Waals surface area contributed by atoms with Crippen molar-refractivity contribution in [3.63, 3.8) is 0 Å². The summed E-state index contributed by atoms with van der Waals surface area (Å²) < 4.78 is 10.7. The minimum absolute atomic E-state index is 0.276. The molecule has 2 aromatic rings. The van der Waals surface area contributed by atoms with Crippen LogP contribution in [0.3, 0.4) is 0 Å². The van der Waals surface area contributed by atoms with Crippen LogP contribution in [0.2, 0.25) is 5.02 Å². The van der Waals surface area contributed by atoms with Crippen molar-refractivity contribution >= 4 is 23.1 Å². The highest BCUT2D eigenvalue weighted by atomic mass is 35.5. The summed E-state index contributed by atoms with van der Waals surface area (Å²) >= 11 is 6.58. The number of pyridine rings is 1. The van der Waals surface area contributed by atoms with Gasteiger partial charge in [-0.3, -0.25) is 0 Å². The standard InChI is InChI=1S/C27H39ClN4O2/c1-27(10-13-34-14-11-27)19-31-23-5-3-4-20(16-23)24-17-26(30-18-25(24)28)32-22-8-6-21(7-9-22)29-12-15-33-2/h3-5,16-18,21-22,29,31H,6-15,19H2,1-2H3,(H,30,32). The van der Waals surface area contributed by atoms with Gasteiger partial charge in [0.25, 0.3) is 0 Å². The molecule has 2 heterocycles. The summed E-state index contributed by atoms with van der Waals surface area (Å²) in [7, 11) is 1.75. The average Bonchev–Trinajstić information content (AvgIpc) is 2.86. The second-order valence-corrected chi connectivity index (χ2v) is 10.5. The van der Waals surface area contributed by atoms with E-state index >= 15 is 0 Å². The normalized spacial score (nSPS) is 22.3. The van der Waals surface area contributed by atoms with Crippen LogP contribution in [0.5, 0.6) is 0 Å². The first-order chi connectivity index (χ1) is 16.5. The number of hydrogen-bond donors (Lipinski definition) is 3. The molecule has 1 aromatic carbocycles. The molecular weight excluding hydrogens is 448 g/mol.